The lowest BCUT2D eigenvalue weighted by Crippen LogP contribution is -2.18. The molecule has 2 heterocycles. The van der Waals surface area contributed by atoms with Gasteiger partial charge in [-0.2, -0.15) is 0 Å². The predicted octanol–water partition coefficient (Wildman–Crippen LogP) is 1.42. The summed E-state index contributed by atoms with van der Waals surface area (Å²) in [4.78, 5) is 13.6. The number of H-pyrrole nitrogens is 1. The molecule has 1 aliphatic heterocycles. The summed E-state index contributed by atoms with van der Waals surface area (Å²) in [5, 5.41) is 8.92. The van der Waals surface area contributed by atoms with Gasteiger partial charge < -0.3 is 19.4 Å². The lowest BCUT2D eigenvalue weighted by Gasteiger charge is -2.11. The van der Waals surface area contributed by atoms with Gasteiger partial charge in [0.1, 0.15) is 5.69 Å². The highest BCUT2D eigenvalue weighted by Gasteiger charge is 2.19. The van der Waals surface area contributed by atoms with Gasteiger partial charge in [0.2, 0.25) is 0 Å². The first-order chi connectivity index (χ1) is 7.18. The highest BCUT2D eigenvalue weighted by Crippen LogP contribution is 2.15. The van der Waals surface area contributed by atoms with Crippen LogP contribution in [0.2, 0.25) is 0 Å². The van der Waals surface area contributed by atoms with Gasteiger partial charge in [-0.05, 0) is 25.1 Å². The molecule has 1 aliphatic rings. The van der Waals surface area contributed by atoms with Gasteiger partial charge in [-0.15, -0.1) is 0 Å². The molecule has 15 heavy (non-hydrogen) atoms. The molecule has 6 heteroatoms. The van der Waals surface area contributed by atoms with Crippen molar-refractivity contribution >= 4 is 18.2 Å². The van der Waals surface area contributed by atoms with Crippen molar-refractivity contribution in [3.63, 3.8) is 0 Å². The fourth-order valence-electron chi connectivity index (χ4n) is 1.75. The summed E-state index contributed by atoms with van der Waals surface area (Å²) in [6.07, 6.45) is 3.50. The Morgan fingerprint density at radius 3 is 3.20 bits per heavy atom. The fourth-order valence-corrected chi connectivity index (χ4v) is 1.98. The van der Waals surface area contributed by atoms with Crippen molar-refractivity contribution in [2.75, 3.05) is 6.61 Å². The Balaban J connectivity index is 2.22. The normalized spacial score (nSPS) is 20.7. The highest BCUT2D eigenvalue weighted by atomic mass is 32.1. The minimum atomic E-state index is -0.972. The van der Waals surface area contributed by atoms with Crippen molar-refractivity contribution in [1.82, 2.24) is 9.55 Å². The molecule has 1 atom stereocenters. The Bertz CT molecular complexity index is 417. The molecule has 1 unspecified atom stereocenters. The second kappa shape index (κ2) is 4.16. The third kappa shape index (κ3) is 2.10. The first kappa shape index (κ1) is 10.4. The van der Waals surface area contributed by atoms with E-state index in [0.717, 1.165) is 19.4 Å². The zero-order valence-corrected chi connectivity index (χ0v) is 8.92. The zero-order chi connectivity index (χ0) is 10.8. The van der Waals surface area contributed by atoms with E-state index in [4.69, 9.17) is 22.1 Å². The predicted molar refractivity (Wildman–Crippen MR) is 55.6 cm³/mol. The average molecular weight is 228 g/mol. The SMILES string of the molecule is O=C(O)c1c[nH]c(=S)n1CC1CCCO1. The number of nitrogens with one attached hydrogen (secondary N) is 1. The number of carbonyl (C=O) groups is 1. The molecule has 1 aromatic heterocycles. The van der Waals surface area contributed by atoms with E-state index in [9.17, 15) is 4.79 Å². The van der Waals surface area contributed by atoms with Crippen LogP contribution in [0.25, 0.3) is 0 Å². The molecule has 0 aliphatic carbocycles. The van der Waals surface area contributed by atoms with Crippen LogP contribution in [0, 0.1) is 4.77 Å². The van der Waals surface area contributed by atoms with E-state index in [2.05, 4.69) is 4.98 Å². The third-order valence-electron chi connectivity index (χ3n) is 2.50. The third-order valence-corrected chi connectivity index (χ3v) is 2.84. The van der Waals surface area contributed by atoms with Gasteiger partial charge >= 0.3 is 5.97 Å². The molecular formula is C9H12N2O3S. The van der Waals surface area contributed by atoms with Gasteiger partial charge in [-0.1, -0.05) is 0 Å². The molecule has 0 saturated carbocycles. The summed E-state index contributed by atoms with van der Waals surface area (Å²) in [6, 6.07) is 0. The molecule has 0 aromatic carbocycles. The van der Waals surface area contributed by atoms with Crippen LogP contribution in [0.3, 0.4) is 0 Å². The Labute approximate surface area is 91.7 Å². The zero-order valence-electron chi connectivity index (χ0n) is 8.10. The van der Waals surface area contributed by atoms with E-state index in [1.807, 2.05) is 0 Å². The number of aromatic nitrogens is 2. The molecule has 0 radical (unpaired) electrons. The minimum Gasteiger partial charge on any atom is -0.477 e. The van der Waals surface area contributed by atoms with Crippen LogP contribution in [0.15, 0.2) is 6.20 Å². The Kier molecular flexibility index (Phi) is 2.88. The molecule has 1 aromatic rings. The fraction of sp³-hybridized carbons (Fsp3) is 0.556. The van der Waals surface area contributed by atoms with Gasteiger partial charge in [0.05, 0.1) is 12.6 Å². The Hall–Kier alpha value is -1.14. The van der Waals surface area contributed by atoms with E-state index < -0.39 is 5.97 Å². The smallest absolute Gasteiger partial charge is 0.354 e. The summed E-state index contributed by atoms with van der Waals surface area (Å²) < 4.78 is 7.45. The highest BCUT2D eigenvalue weighted by molar-refractivity contribution is 7.71. The number of aromatic amines is 1. The van der Waals surface area contributed by atoms with Gasteiger partial charge in [-0.3, -0.25) is 0 Å². The minimum absolute atomic E-state index is 0.0885. The number of nitrogens with zero attached hydrogens (tertiary/aromatic N) is 1. The molecule has 1 saturated heterocycles. The summed E-state index contributed by atoms with van der Waals surface area (Å²) in [5.41, 5.74) is 0.190. The van der Waals surface area contributed by atoms with E-state index in [-0.39, 0.29) is 11.8 Å². The summed E-state index contributed by atoms with van der Waals surface area (Å²) in [7, 11) is 0. The van der Waals surface area contributed by atoms with Crippen molar-refractivity contribution in [2.45, 2.75) is 25.5 Å². The maximum atomic E-state index is 10.9. The molecule has 0 spiro atoms. The van der Waals surface area contributed by atoms with Crippen molar-refractivity contribution in [3.05, 3.63) is 16.7 Å². The summed E-state index contributed by atoms with van der Waals surface area (Å²) >= 11 is 5.02. The molecule has 5 nitrogen and oxygen atoms in total. The van der Waals surface area contributed by atoms with Gasteiger partial charge in [0, 0.05) is 12.8 Å². The van der Waals surface area contributed by atoms with Gasteiger partial charge in [0.25, 0.3) is 0 Å². The summed E-state index contributed by atoms with van der Waals surface area (Å²) in [5.74, 6) is -0.972. The van der Waals surface area contributed by atoms with Crippen LogP contribution >= 0.6 is 12.2 Å². The van der Waals surface area contributed by atoms with Crippen molar-refractivity contribution < 1.29 is 14.6 Å². The number of hydrogen-bond donors (Lipinski definition) is 2. The number of hydrogen-bond acceptors (Lipinski definition) is 3. The average Bonchev–Trinajstić information content (AvgIpc) is 2.78. The van der Waals surface area contributed by atoms with Crippen molar-refractivity contribution in [2.24, 2.45) is 0 Å². The van der Waals surface area contributed by atoms with Crippen molar-refractivity contribution in [1.29, 1.82) is 0 Å². The lowest BCUT2D eigenvalue weighted by atomic mass is 10.2. The van der Waals surface area contributed by atoms with E-state index in [1.54, 1.807) is 4.57 Å². The van der Waals surface area contributed by atoms with Crippen LogP contribution in [0.1, 0.15) is 23.3 Å². The first-order valence-corrected chi connectivity index (χ1v) is 5.22. The van der Waals surface area contributed by atoms with E-state index >= 15 is 0 Å². The second-order valence-electron chi connectivity index (χ2n) is 3.53. The number of ether oxygens (including phenoxy) is 1. The van der Waals surface area contributed by atoms with E-state index in [0.29, 0.717) is 11.3 Å². The van der Waals surface area contributed by atoms with Crippen LogP contribution in [0.4, 0.5) is 0 Å². The van der Waals surface area contributed by atoms with E-state index in [1.165, 1.54) is 6.20 Å². The van der Waals surface area contributed by atoms with Gasteiger partial charge in [0.15, 0.2) is 4.77 Å². The Morgan fingerprint density at radius 2 is 2.60 bits per heavy atom. The standard InChI is InChI=1S/C9H12N2O3S/c12-8(13)7-4-10-9(15)11(7)5-6-2-1-3-14-6/h4,6H,1-3,5H2,(H,10,15)(H,12,13). The van der Waals surface area contributed by atoms with Crippen molar-refractivity contribution in [3.8, 4) is 0 Å². The Morgan fingerprint density at radius 1 is 1.80 bits per heavy atom. The number of aromatic carboxylic acids is 1. The monoisotopic (exact) mass is 228 g/mol. The topological polar surface area (TPSA) is 67.2 Å². The lowest BCUT2D eigenvalue weighted by molar-refractivity contribution is 0.0670. The van der Waals surface area contributed by atoms with Crippen LogP contribution in [-0.4, -0.2) is 33.3 Å². The largest absolute Gasteiger partial charge is 0.477 e. The molecule has 1 fully saturated rings. The second-order valence-corrected chi connectivity index (χ2v) is 3.92. The molecule has 82 valence electrons. The number of rotatable bonds is 3. The molecular weight excluding hydrogens is 216 g/mol. The van der Waals surface area contributed by atoms with Crippen LogP contribution < -0.4 is 0 Å². The first-order valence-electron chi connectivity index (χ1n) is 4.81. The quantitative estimate of drug-likeness (QED) is 0.768. The maximum Gasteiger partial charge on any atom is 0.354 e. The number of imidazole rings is 1. The maximum absolute atomic E-state index is 10.9. The number of carboxylic acids is 1. The van der Waals surface area contributed by atoms with Crippen LogP contribution in [-0.2, 0) is 11.3 Å². The number of carboxylic acid groups (broad SMARTS) is 1. The molecule has 2 rings (SSSR count). The molecule has 0 bridgehead atoms. The van der Waals surface area contributed by atoms with Crippen LogP contribution in [0.5, 0.6) is 0 Å². The molecule has 0 amide bonds. The molecule has 2 N–H and O–H groups in total. The summed E-state index contributed by atoms with van der Waals surface area (Å²) in [6.45, 7) is 1.27. The van der Waals surface area contributed by atoms with Gasteiger partial charge in [-0.25, -0.2) is 4.79 Å².